The van der Waals surface area contributed by atoms with Gasteiger partial charge in [-0.2, -0.15) is 0 Å². The van der Waals surface area contributed by atoms with Gasteiger partial charge in [0.05, 0.1) is 12.8 Å². The van der Waals surface area contributed by atoms with Crippen LogP contribution in [0.2, 0.25) is 0 Å². The van der Waals surface area contributed by atoms with Gasteiger partial charge in [-0.3, -0.25) is 5.41 Å². The molecule has 2 aliphatic carbocycles. The molecule has 0 spiro atoms. The van der Waals surface area contributed by atoms with E-state index in [0.717, 1.165) is 5.71 Å². The normalized spacial score (nSPS) is 24.2. The van der Waals surface area contributed by atoms with E-state index in [9.17, 15) is 50.4 Å². The summed E-state index contributed by atoms with van der Waals surface area (Å²) in [6, 6.07) is 0. The zero-order valence-corrected chi connectivity index (χ0v) is 22.3. The summed E-state index contributed by atoms with van der Waals surface area (Å²) in [5, 5.41) is 5.43. The van der Waals surface area contributed by atoms with Crippen LogP contribution >= 0.6 is 15.6 Å². The van der Waals surface area contributed by atoms with Crippen LogP contribution < -0.4 is 5.41 Å². The first-order valence-electron chi connectivity index (χ1n) is 8.39. The molecule has 0 aromatic carbocycles. The fourth-order valence-corrected chi connectivity index (χ4v) is 1.97. The summed E-state index contributed by atoms with van der Waals surface area (Å²) in [5.74, 6) is 8.59. The zero-order chi connectivity index (χ0) is 26.7. The minimum Gasteiger partial charge on any atom is 0 e. The first kappa shape index (κ1) is 37.9. The van der Waals surface area contributed by atoms with Crippen molar-refractivity contribution in [2.45, 2.75) is 41.5 Å². The van der Waals surface area contributed by atoms with E-state index < -0.39 is 15.6 Å². The Morgan fingerprint density at radius 1 is 0.455 bits per heavy atom. The Morgan fingerprint density at radius 3 is 0.727 bits per heavy atom. The fourth-order valence-electron chi connectivity index (χ4n) is 1.97. The molecular formula is C17H24F12IrNP2-. The Kier molecular flexibility index (Phi) is 11.9. The van der Waals surface area contributed by atoms with Crippen LogP contribution in [0.1, 0.15) is 41.5 Å². The van der Waals surface area contributed by atoms with Crippen LogP contribution in [0.5, 0.6) is 0 Å². The second-order valence-corrected chi connectivity index (χ2v) is 10.8. The monoisotopic (exact) mass is 725 g/mol. The van der Waals surface area contributed by atoms with E-state index in [4.69, 9.17) is 5.41 Å². The maximum Gasteiger partial charge on any atom is 0 e. The maximum absolute atomic E-state index is 10.7. The summed E-state index contributed by atoms with van der Waals surface area (Å²) in [7, 11) is -21.3. The number of hydrogen-bond acceptors (Lipinski definition) is 0. The molecule has 0 saturated heterocycles. The van der Waals surface area contributed by atoms with Gasteiger partial charge in [-0.15, -0.1) is 0 Å². The van der Waals surface area contributed by atoms with E-state index in [-0.39, 0.29) is 20.1 Å². The molecule has 2 rings (SSSR count). The third-order valence-corrected chi connectivity index (χ3v) is 3.89. The van der Waals surface area contributed by atoms with E-state index in [1.807, 2.05) is 32.6 Å². The minimum absolute atomic E-state index is 0. The van der Waals surface area contributed by atoms with Crippen LogP contribution in [-0.2, 0) is 20.1 Å². The number of halogens is 12. The molecule has 2 fully saturated rings. The molecule has 11 radical (unpaired) electrons. The van der Waals surface area contributed by atoms with Crippen LogP contribution in [0.25, 0.3) is 0 Å². The van der Waals surface area contributed by atoms with Crippen molar-refractivity contribution in [2.75, 3.05) is 0 Å². The van der Waals surface area contributed by atoms with Crippen LogP contribution in [-0.4, -0.2) is 5.71 Å². The third kappa shape index (κ3) is 32.3. The summed E-state index contributed by atoms with van der Waals surface area (Å²) in [6.07, 6.45) is 7.79. The molecule has 0 heterocycles. The molecule has 2 N–H and O–H groups in total. The predicted molar refractivity (Wildman–Crippen MR) is 105 cm³/mol. The summed E-state index contributed by atoms with van der Waals surface area (Å²) < 4.78 is 118. The molecular weight excluding hydrogens is 700 g/mol. The van der Waals surface area contributed by atoms with Gasteiger partial charge in [0, 0.05) is 20.1 Å². The van der Waals surface area contributed by atoms with Crippen LogP contribution in [0.4, 0.5) is 50.4 Å². The molecule has 0 amide bonds. The summed E-state index contributed by atoms with van der Waals surface area (Å²) >= 11 is 0. The standard InChI is InChI=1S/C10H15.C7H8N.2F6P.Ir/c1-6-7(2)9(4)10(5)8(6)3;1-6-2-4-7(8)5-3-6;2*1-7(2,3,4,5)6;/h1-5H3;2-5,8H,1H3;;;/q;;2*-1;/p+1. The minimum atomic E-state index is -10.7. The van der Waals surface area contributed by atoms with E-state index >= 15 is 0 Å². The molecule has 0 aromatic rings. The Bertz CT molecular complexity index is 525. The van der Waals surface area contributed by atoms with Gasteiger partial charge in [-0.25, -0.2) is 0 Å². The van der Waals surface area contributed by atoms with Gasteiger partial charge in [-0.1, -0.05) is 41.5 Å². The van der Waals surface area contributed by atoms with Gasteiger partial charge in [0.2, 0.25) is 0 Å². The zero-order valence-electron chi connectivity index (χ0n) is 18.2. The van der Waals surface area contributed by atoms with Crippen molar-refractivity contribution >= 4 is 21.3 Å². The van der Waals surface area contributed by atoms with Crippen LogP contribution in [0.15, 0.2) is 0 Å². The number of hydrogen-bond donors (Lipinski definition) is 1. The molecule has 1 nitrogen and oxygen atoms in total. The van der Waals surface area contributed by atoms with Crippen molar-refractivity contribution < 1.29 is 75.9 Å². The Balaban J connectivity index is -0.000000365. The van der Waals surface area contributed by atoms with E-state index in [1.165, 1.54) is 35.5 Å². The van der Waals surface area contributed by atoms with Crippen molar-refractivity contribution in [2.24, 2.45) is 0 Å². The average Bonchev–Trinajstić information content (AvgIpc) is 2.63. The van der Waals surface area contributed by atoms with Gasteiger partial charge in [-0.05, 0) is 48.3 Å². The first-order valence-corrected chi connectivity index (χ1v) is 12.4. The molecule has 201 valence electrons. The fraction of sp³-hybridized carbons (Fsp3) is 0.353. The number of rotatable bonds is 0. The third-order valence-electron chi connectivity index (χ3n) is 3.89. The van der Waals surface area contributed by atoms with Crippen molar-refractivity contribution in [3.63, 3.8) is 0 Å². The predicted octanol–water partition coefficient (Wildman–Crippen LogP) is 9.35. The second-order valence-electron chi connectivity index (χ2n) is 6.95. The molecule has 0 bridgehead atoms. The quantitative estimate of drug-likeness (QED) is 0.191. The van der Waals surface area contributed by atoms with E-state index in [1.54, 1.807) is 0 Å². The molecule has 2 aliphatic rings. The van der Waals surface area contributed by atoms with Crippen LogP contribution in [0.3, 0.4) is 0 Å². The van der Waals surface area contributed by atoms with E-state index in [0.29, 0.717) is 0 Å². The molecule has 0 atom stereocenters. The average molecular weight is 725 g/mol. The van der Waals surface area contributed by atoms with Crippen molar-refractivity contribution in [1.29, 1.82) is 0 Å². The Hall–Kier alpha value is 0.339. The van der Waals surface area contributed by atoms with Crippen LogP contribution in [0, 0.1) is 61.2 Å². The Morgan fingerprint density at radius 2 is 0.606 bits per heavy atom. The molecule has 0 aromatic heterocycles. The van der Waals surface area contributed by atoms with Gasteiger partial charge in [0.15, 0.2) is 5.71 Å². The molecule has 16 heteroatoms. The van der Waals surface area contributed by atoms with Gasteiger partial charge in [0.1, 0.15) is 0 Å². The van der Waals surface area contributed by atoms with Crippen molar-refractivity contribution in [1.82, 2.24) is 0 Å². The number of nitrogens with two attached hydrogens (primary N) is 1. The summed E-state index contributed by atoms with van der Waals surface area (Å²) in [5.41, 5.74) is 0.829. The first-order chi connectivity index (χ1) is 13.2. The molecule has 0 unspecified atom stereocenters. The van der Waals surface area contributed by atoms with Crippen molar-refractivity contribution in [3.8, 4) is 0 Å². The molecule has 0 aliphatic heterocycles. The van der Waals surface area contributed by atoms with E-state index in [2.05, 4.69) is 34.6 Å². The Labute approximate surface area is 200 Å². The molecule has 33 heavy (non-hydrogen) atoms. The van der Waals surface area contributed by atoms with Crippen molar-refractivity contribution in [3.05, 3.63) is 61.2 Å². The summed E-state index contributed by atoms with van der Waals surface area (Å²) in [4.78, 5) is 0. The van der Waals surface area contributed by atoms with Gasteiger partial charge in [0.25, 0.3) is 0 Å². The SMILES string of the molecule is C[C]1[CH][CH]C(=[NH2+])[CH][CH]1.C[C]1[C](C)[C](C)[C](C)[C]1C.F[P-](F)(F)(F)(F)F.F[P-](F)(F)(F)(F)F.[Ir]. The molecule has 2 saturated carbocycles. The smallest absolute Gasteiger partial charge is 0 e. The second kappa shape index (κ2) is 10.4. The summed E-state index contributed by atoms with van der Waals surface area (Å²) in [6.45, 7) is 13.0. The van der Waals surface area contributed by atoms with Gasteiger partial charge >= 0.3 is 66.0 Å². The largest absolute Gasteiger partial charge is 0 e. The topological polar surface area (TPSA) is 25.6 Å². The maximum atomic E-state index is 9.87. The van der Waals surface area contributed by atoms with Gasteiger partial charge < -0.3 is 0 Å².